The predicted molar refractivity (Wildman–Crippen MR) is 125 cm³/mol. The van der Waals surface area contributed by atoms with Crippen molar-refractivity contribution in [1.29, 1.82) is 0 Å². The number of oxime groups is 1. The molecular weight excluding hydrogens is 436 g/mol. The molecule has 2 aliphatic rings. The van der Waals surface area contributed by atoms with E-state index in [4.69, 9.17) is 19.0 Å². The number of hydrogen-bond acceptors (Lipinski definition) is 7. The van der Waals surface area contributed by atoms with Crippen LogP contribution in [-0.4, -0.2) is 38.7 Å². The molecule has 0 unspecified atom stereocenters. The van der Waals surface area contributed by atoms with Crippen molar-refractivity contribution in [2.24, 2.45) is 11.1 Å². The minimum absolute atomic E-state index is 0.320. The third-order valence-corrected chi connectivity index (χ3v) is 6.18. The van der Waals surface area contributed by atoms with Gasteiger partial charge in [0.2, 0.25) is 0 Å². The average Bonchev–Trinajstić information content (AvgIpc) is 3.42. The maximum Gasteiger partial charge on any atom is 0.277 e. The van der Waals surface area contributed by atoms with Crippen molar-refractivity contribution in [2.45, 2.75) is 5.60 Å². The highest BCUT2D eigenvalue weighted by Gasteiger charge is 2.63. The zero-order valence-electron chi connectivity index (χ0n) is 18.8. The van der Waals surface area contributed by atoms with E-state index in [1.807, 2.05) is 6.07 Å². The fraction of sp³-hybridized carbons (Fsp3) is 0.192. The van der Waals surface area contributed by atoms with E-state index in [1.54, 1.807) is 60.7 Å². The van der Waals surface area contributed by atoms with Crippen LogP contribution in [0.4, 0.5) is 5.69 Å². The fourth-order valence-corrected chi connectivity index (χ4v) is 4.52. The van der Waals surface area contributed by atoms with E-state index in [1.165, 1.54) is 21.3 Å². The number of Topliss-reactive ketones (excluding diaryl/α,β-unsaturated/α-hetero) is 1. The summed E-state index contributed by atoms with van der Waals surface area (Å²) in [6, 6.07) is 19.1. The molecule has 2 heterocycles. The third kappa shape index (κ3) is 3.10. The Morgan fingerprint density at radius 1 is 0.941 bits per heavy atom. The number of nitrogens with zero attached hydrogens (tertiary/aromatic N) is 1. The van der Waals surface area contributed by atoms with Crippen LogP contribution in [0.15, 0.2) is 71.9 Å². The minimum Gasteiger partial charge on any atom is -0.497 e. The molecule has 8 nitrogen and oxygen atoms in total. The highest BCUT2D eigenvalue weighted by molar-refractivity contribution is 6.25. The number of para-hydroxylation sites is 1. The number of carbonyl (C=O) groups excluding carboxylic acids is 2. The van der Waals surface area contributed by atoms with Crippen LogP contribution in [0.2, 0.25) is 0 Å². The minimum atomic E-state index is -1.64. The van der Waals surface area contributed by atoms with Crippen LogP contribution in [0, 0.1) is 5.92 Å². The highest BCUT2D eigenvalue weighted by Crippen LogP contribution is 2.50. The molecule has 2 aliphatic heterocycles. The van der Waals surface area contributed by atoms with Gasteiger partial charge >= 0.3 is 0 Å². The van der Waals surface area contributed by atoms with Crippen LogP contribution in [0.25, 0.3) is 0 Å². The topological polar surface area (TPSA) is 95.5 Å². The quantitative estimate of drug-likeness (QED) is 0.565. The van der Waals surface area contributed by atoms with Gasteiger partial charge in [0.15, 0.2) is 17.3 Å². The second kappa shape index (κ2) is 8.22. The molecule has 1 spiro atoms. The number of rotatable bonds is 6. The van der Waals surface area contributed by atoms with Gasteiger partial charge in [0, 0.05) is 22.4 Å². The number of ketones is 1. The maximum absolute atomic E-state index is 14.0. The Hall–Kier alpha value is -4.33. The summed E-state index contributed by atoms with van der Waals surface area (Å²) >= 11 is 0. The van der Waals surface area contributed by atoms with Gasteiger partial charge in [-0.1, -0.05) is 35.5 Å². The first kappa shape index (κ1) is 21.5. The molecule has 0 aliphatic carbocycles. The van der Waals surface area contributed by atoms with E-state index >= 15 is 0 Å². The summed E-state index contributed by atoms with van der Waals surface area (Å²) in [7, 11) is 4.59. The van der Waals surface area contributed by atoms with Gasteiger partial charge in [-0.15, -0.1) is 0 Å². The molecule has 3 aromatic carbocycles. The van der Waals surface area contributed by atoms with Gasteiger partial charge in [0.1, 0.15) is 17.4 Å². The lowest BCUT2D eigenvalue weighted by atomic mass is 9.74. The average molecular weight is 458 g/mol. The predicted octanol–water partition coefficient (Wildman–Crippen LogP) is 3.79. The molecule has 0 aromatic heterocycles. The van der Waals surface area contributed by atoms with Crippen molar-refractivity contribution in [3.8, 4) is 17.2 Å². The number of ether oxygens (including phenoxy) is 3. The van der Waals surface area contributed by atoms with Crippen LogP contribution >= 0.6 is 0 Å². The van der Waals surface area contributed by atoms with E-state index < -0.39 is 17.4 Å². The molecule has 5 rings (SSSR count). The molecule has 3 aromatic rings. The molecule has 1 amide bonds. The van der Waals surface area contributed by atoms with Crippen LogP contribution in [0.3, 0.4) is 0 Å². The van der Waals surface area contributed by atoms with Crippen molar-refractivity contribution in [3.63, 3.8) is 0 Å². The Labute approximate surface area is 196 Å². The first-order valence-electron chi connectivity index (χ1n) is 10.6. The summed E-state index contributed by atoms with van der Waals surface area (Å²) in [6.07, 6.45) is 0. The van der Waals surface area contributed by atoms with Gasteiger partial charge in [-0.05, 0) is 36.4 Å². The summed E-state index contributed by atoms with van der Waals surface area (Å²) in [5, 5.41) is 7.14. The Bertz CT molecular complexity index is 1330. The summed E-state index contributed by atoms with van der Waals surface area (Å²) in [5.41, 5.74) is 0.771. The van der Waals surface area contributed by atoms with E-state index in [-0.39, 0.29) is 5.78 Å². The molecule has 0 saturated carbocycles. The number of amides is 1. The molecule has 0 radical (unpaired) electrons. The van der Waals surface area contributed by atoms with Crippen LogP contribution < -0.4 is 19.5 Å². The number of fused-ring (bicyclic) bond motifs is 2. The largest absolute Gasteiger partial charge is 0.497 e. The van der Waals surface area contributed by atoms with Gasteiger partial charge in [0.25, 0.3) is 11.5 Å². The number of nitrogens with one attached hydrogen (secondary N) is 1. The van der Waals surface area contributed by atoms with E-state index in [9.17, 15) is 9.59 Å². The van der Waals surface area contributed by atoms with Crippen LogP contribution in [0.1, 0.15) is 21.5 Å². The molecule has 34 heavy (non-hydrogen) atoms. The van der Waals surface area contributed by atoms with Crippen LogP contribution in [-0.2, 0) is 15.2 Å². The van der Waals surface area contributed by atoms with Gasteiger partial charge in [0.05, 0.1) is 21.3 Å². The molecule has 0 bridgehead atoms. The summed E-state index contributed by atoms with van der Waals surface area (Å²) in [5.74, 6) is -0.306. The van der Waals surface area contributed by atoms with E-state index in [0.717, 1.165) is 0 Å². The van der Waals surface area contributed by atoms with Gasteiger partial charge < -0.3 is 24.4 Å². The molecule has 0 saturated heterocycles. The summed E-state index contributed by atoms with van der Waals surface area (Å²) < 4.78 is 16.1. The zero-order valence-corrected chi connectivity index (χ0v) is 18.8. The van der Waals surface area contributed by atoms with Crippen molar-refractivity contribution < 1.29 is 28.6 Å². The molecular formula is C26H22N2O6. The Morgan fingerprint density at radius 3 is 2.50 bits per heavy atom. The lowest BCUT2D eigenvalue weighted by Gasteiger charge is -2.27. The monoisotopic (exact) mass is 458 g/mol. The van der Waals surface area contributed by atoms with Crippen LogP contribution in [0.5, 0.6) is 17.2 Å². The Kier molecular flexibility index (Phi) is 5.20. The van der Waals surface area contributed by atoms with E-state index in [2.05, 4.69) is 10.5 Å². The fourth-order valence-electron chi connectivity index (χ4n) is 4.52. The lowest BCUT2D eigenvalue weighted by molar-refractivity contribution is -0.140. The molecule has 172 valence electrons. The number of carbonyl (C=O) groups is 2. The maximum atomic E-state index is 14.0. The highest BCUT2D eigenvalue weighted by atomic mass is 16.7. The van der Waals surface area contributed by atoms with Gasteiger partial charge in [-0.25, -0.2) is 0 Å². The summed E-state index contributed by atoms with van der Waals surface area (Å²) in [4.78, 5) is 33.3. The first-order valence-corrected chi connectivity index (χ1v) is 10.6. The second-order valence-electron chi connectivity index (χ2n) is 7.90. The third-order valence-electron chi connectivity index (χ3n) is 6.18. The van der Waals surface area contributed by atoms with Crippen molar-refractivity contribution in [3.05, 3.63) is 83.4 Å². The summed E-state index contributed by atoms with van der Waals surface area (Å²) in [6.45, 7) is 0. The van der Waals surface area contributed by atoms with Crippen molar-refractivity contribution in [2.75, 3.05) is 26.6 Å². The number of methoxy groups -OCH3 is 3. The number of anilines is 1. The molecule has 1 N–H and O–H groups in total. The molecule has 8 heteroatoms. The van der Waals surface area contributed by atoms with E-state index in [0.29, 0.717) is 45.3 Å². The number of benzene rings is 3. The van der Waals surface area contributed by atoms with Gasteiger partial charge in [-0.3, -0.25) is 9.59 Å². The smallest absolute Gasteiger partial charge is 0.277 e. The first-order chi connectivity index (χ1) is 16.5. The van der Waals surface area contributed by atoms with Gasteiger partial charge in [-0.2, -0.15) is 0 Å². The normalized spacial score (nSPS) is 20.3. The Morgan fingerprint density at radius 2 is 1.74 bits per heavy atom. The zero-order chi connectivity index (χ0) is 23.9. The number of hydrogen-bond donors (Lipinski definition) is 1. The SMILES string of the molecule is COc1cccc(C(=O)[C@H]2C(c3ccc(OC)c(OC)c3)=NO[C@]23C(=O)Nc2ccccc23)c1. The second-order valence-corrected chi connectivity index (χ2v) is 7.90. The molecule has 2 atom stereocenters. The Balaban J connectivity index is 1.69. The van der Waals surface area contributed by atoms with Crippen molar-refractivity contribution >= 4 is 23.1 Å². The lowest BCUT2D eigenvalue weighted by Crippen LogP contribution is -2.46. The standard InChI is InChI=1S/C26H22N2O6/c1-31-17-8-6-7-16(13-17)24(29)22-23(15-11-12-20(32-2)21(14-15)33-3)28-34-26(22)18-9-4-5-10-19(18)27-25(26)30/h4-14,22H,1-3H3,(H,27,30)/t22-,26+/m1/s1. The van der Waals surface area contributed by atoms with Crippen molar-refractivity contribution in [1.82, 2.24) is 0 Å². The molecule has 0 fully saturated rings.